The lowest BCUT2D eigenvalue weighted by Gasteiger charge is -2.36. The number of allylic oxidation sites excluding steroid dienone is 2. The number of carbonyl (C=O) groups excluding carboxylic acids is 1. The maximum absolute atomic E-state index is 12.3. The second-order valence-corrected chi connectivity index (χ2v) is 6.33. The third kappa shape index (κ3) is 2.19. The molecule has 3 atom stereocenters. The molecule has 0 aromatic carbocycles. The van der Waals surface area contributed by atoms with E-state index >= 15 is 0 Å². The highest BCUT2D eigenvalue weighted by molar-refractivity contribution is 5.93. The molecule has 1 aliphatic heterocycles. The predicted octanol–water partition coefficient (Wildman–Crippen LogP) is 2.50. The van der Waals surface area contributed by atoms with E-state index < -0.39 is 0 Å². The molecule has 3 rings (SSSR count). The van der Waals surface area contributed by atoms with Crippen LogP contribution >= 0.6 is 0 Å². The summed E-state index contributed by atoms with van der Waals surface area (Å²) in [6.45, 7) is 3.13. The highest BCUT2D eigenvalue weighted by Crippen LogP contribution is 2.54. The van der Waals surface area contributed by atoms with Crippen LogP contribution in [-0.2, 0) is 4.79 Å². The zero-order valence-electron chi connectivity index (χ0n) is 11.7. The van der Waals surface area contributed by atoms with Crippen LogP contribution in [0.3, 0.4) is 0 Å². The van der Waals surface area contributed by atoms with Crippen LogP contribution in [0.1, 0.15) is 45.4 Å². The first kappa shape index (κ1) is 12.8. The number of hydrogen-bond donors (Lipinski definition) is 2. The van der Waals surface area contributed by atoms with Crippen molar-refractivity contribution in [1.82, 2.24) is 10.6 Å². The summed E-state index contributed by atoms with van der Waals surface area (Å²) in [5.74, 6) is 0.836. The van der Waals surface area contributed by atoms with Crippen LogP contribution in [0, 0.1) is 11.3 Å². The molecule has 2 N–H and O–H groups in total. The zero-order chi connectivity index (χ0) is 13.3. The molecule has 0 bridgehead atoms. The van der Waals surface area contributed by atoms with E-state index in [9.17, 15) is 4.79 Å². The van der Waals surface area contributed by atoms with Gasteiger partial charge in [0, 0.05) is 12.6 Å². The third-order valence-corrected chi connectivity index (χ3v) is 5.45. The van der Waals surface area contributed by atoms with Crippen molar-refractivity contribution in [2.45, 2.75) is 51.5 Å². The van der Waals surface area contributed by atoms with Crippen molar-refractivity contribution in [3.63, 3.8) is 0 Å². The van der Waals surface area contributed by atoms with Gasteiger partial charge in [-0.25, -0.2) is 0 Å². The van der Waals surface area contributed by atoms with Gasteiger partial charge >= 0.3 is 0 Å². The van der Waals surface area contributed by atoms with E-state index in [1.54, 1.807) is 0 Å². The molecule has 0 saturated heterocycles. The molecule has 104 valence electrons. The molecular formula is C16H24N2O. The zero-order valence-corrected chi connectivity index (χ0v) is 11.7. The molecule has 19 heavy (non-hydrogen) atoms. The molecule has 2 aliphatic carbocycles. The fraction of sp³-hybridized carbons (Fsp3) is 0.688. The molecule has 0 aromatic rings. The Kier molecular flexibility index (Phi) is 3.38. The number of nitrogens with one attached hydrogen (secondary N) is 2. The van der Waals surface area contributed by atoms with Crippen molar-refractivity contribution < 1.29 is 4.79 Å². The van der Waals surface area contributed by atoms with Gasteiger partial charge in [-0.2, -0.15) is 0 Å². The first-order valence-electron chi connectivity index (χ1n) is 7.64. The van der Waals surface area contributed by atoms with Crippen molar-refractivity contribution in [1.29, 1.82) is 0 Å². The van der Waals surface area contributed by atoms with E-state index in [1.807, 2.05) is 18.2 Å². The lowest BCUT2D eigenvalue weighted by Crippen LogP contribution is -2.47. The average molecular weight is 260 g/mol. The van der Waals surface area contributed by atoms with Gasteiger partial charge in [-0.05, 0) is 36.7 Å². The van der Waals surface area contributed by atoms with E-state index in [4.69, 9.17) is 0 Å². The van der Waals surface area contributed by atoms with Gasteiger partial charge in [0.25, 0.3) is 5.91 Å². The second-order valence-electron chi connectivity index (χ2n) is 6.33. The highest BCUT2D eigenvalue weighted by Gasteiger charge is 2.49. The van der Waals surface area contributed by atoms with Gasteiger partial charge in [0.1, 0.15) is 5.70 Å². The molecule has 3 heteroatoms. The summed E-state index contributed by atoms with van der Waals surface area (Å²) in [6, 6.07) is 0.381. The lowest BCUT2D eigenvalue weighted by molar-refractivity contribution is -0.119. The summed E-state index contributed by atoms with van der Waals surface area (Å²) in [6.07, 6.45) is 13.5. The average Bonchev–Trinajstić information content (AvgIpc) is 3.00. The van der Waals surface area contributed by atoms with Gasteiger partial charge in [0.15, 0.2) is 0 Å². The van der Waals surface area contributed by atoms with Crippen molar-refractivity contribution in [2.24, 2.45) is 11.3 Å². The molecule has 1 heterocycles. The topological polar surface area (TPSA) is 41.1 Å². The quantitative estimate of drug-likeness (QED) is 0.801. The minimum absolute atomic E-state index is 0.0784. The third-order valence-electron chi connectivity index (χ3n) is 5.45. The van der Waals surface area contributed by atoms with Gasteiger partial charge in [0.05, 0.1) is 0 Å². The Morgan fingerprint density at radius 3 is 2.79 bits per heavy atom. The molecular weight excluding hydrogens is 236 g/mol. The molecule has 1 spiro atoms. The molecule has 2 saturated carbocycles. The van der Waals surface area contributed by atoms with E-state index in [0.717, 1.165) is 24.6 Å². The van der Waals surface area contributed by atoms with Crippen LogP contribution in [0.2, 0.25) is 0 Å². The Hall–Kier alpha value is -1.25. The van der Waals surface area contributed by atoms with Crippen LogP contribution in [0.15, 0.2) is 23.9 Å². The summed E-state index contributed by atoms with van der Waals surface area (Å²) in [5.41, 5.74) is 1.11. The van der Waals surface area contributed by atoms with Crippen molar-refractivity contribution in [3.8, 4) is 0 Å². The molecule has 0 aromatic heterocycles. The fourth-order valence-corrected chi connectivity index (χ4v) is 4.33. The molecule has 1 amide bonds. The molecule has 3 aliphatic rings. The number of dihydropyridines is 1. The number of amides is 1. The Bertz CT molecular complexity index is 422. The minimum Gasteiger partial charge on any atom is -0.377 e. The number of hydrogen-bond acceptors (Lipinski definition) is 2. The standard InChI is InChI=1S/C16H24N2O/c1-12-6-4-9-16(12)10-5-8-14(16)18-15(19)13-7-2-3-11-17-13/h2-3,7,12,14,17H,4-6,8-11H2,1H3,(H,18,19)/t12-,14?,16-/m1/s1. The van der Waals surface area contributed by atoms with E-state index in [0.29, 0.717) is 11.5 Å². The minimum atomic E-state index is 0.0784. The predicted molar refractivity (Wildman–Crippen MR) is 76.5 cm³/mol. The van der Waals surface area contributed by atoms with Gasteiger partial charge in [0.2, 0.25) is 0 Å². The molecule has 3 nitrogen and oxygen atoms in total. The highest BCUT2D eigenvalue weighted by atomic mass is 16.2. The Morgan fingerprint density at radius 2 is 2.16 bits per heavy atom. The van der Waals surface area contributed by atoms with Gasteiger partial charge in [-0.1, -0.05) is 38.3 Å². The molecule has 0 radical (unpaired) electrons. The Morgan fingerprint density at radius 1 is 1.37 bits per heavy atom. The van der Waals surface area contributed by atoms with E-state index in [1.165, 1.54) is 32.1 Å². The van der Waals surface area contributed by atoms with Crippen molar-refractivity contribution in [3.05, 3.63) is 23.9 Å². The van der Waals surface area contributed by atoms with E-state index in [-0.39, 0.29) is 5.91 Å². The summed E-state index contributed by atoms with van der Waals surface area (Å²) in [5, 5.41) is 6.45. The first-order valence-corrected chi connectivity index (χ1v) is 7.64. The van der Waals surface area contributed by atoms with Crippen molar-refractivity contribution >= 4 is 5.91 Å². The van der Waals surface area contributed by atoms with Crippen molar-refractivity contribution in [2.75, 3.05) is 6.54 Å². The van der Waals surface area contributed by atoms with Gasteiger partial charge < -0.3 is 10.6 Å². The van der Waals surface area contributed by atoms with Crippen LogP contribution in [0.25, 0.3) is 0 Å². The summed E-state index contributed by atoms with van der Waals surface area (Å²) >= 11 is 0. The maximum atomic E-state index is 12.3. The summed E-state index contributed by atoms with van der Waals surface area (Å²) in [7, 11) is 0. The van der Waals surface area contributed by atoms with E-state index in [2.05, 4.69) is 17.6 Å². The number of carbonyl (C=O) groups is 1. The van der Waals surface area contributed by atoms with Gasteiger partial charge in [-0.3, -0.25) is 4.79 Å². The van der Waals surface area contributed by atoms with Crippen LogP contribution < -0.4 is 10.6 Å². The first-order chi connectivity index (χ1) is 9.22. The SMILES string of the molecule is C[C@@H]1CCC[C@@]12CCCC2NC(=O)C1=CC=CCN1. The summed E-state index contributed by atoms with van der Waals surface area (Å²) in [4.78, 5) is 12.3. The second kappa shape index (κ2) is 5.03. The summed E-state index contributed by atoms with van der Waals surface area (Å²) < 4.78 is 0. The Labute approximate surface area is 115 Å². The Balaban J connectivity index is 1.70. The fourth-order valence-electron chi connectivity index (χ4n) is 4.33. The normalized spacial score (nSPS) is 37.2. The van der Waals surface area contributed by atoms with Gasteiger partial charge in [-0.15, -0.1) is 0 Å². The largest absolute Gasteiger partial charge is 0.377 e. The smallest absolute Gasteiger partial charge is 0.267 e. The lowest BCUT2D eigenvalue weighted by atomic mass is 9.74. The molecule has 2 fully saturated rings. The molecule has 1 unspecified atom stereocenters. The number of rotatable bonds is 2. The van der Waals surface area contributed by atoms with Crippen LogP contribution in [0.5, 0.6) is 0 Å². The maximum Gasteiger partial charge on any atom is 0.267 e. The van der Waals surface area contributed by atoms with Crippen LogP contribution in [-0.4, -0.2) is 18.5 Å². The monoisotopic (exact) mass is 260 g/mol. The van der Waals surface area contributed by atoms with Crippen LogP contribution in [0.4, 0.5) is 0 Å².